The first-order valence-electron chi connectivity index (χ1n) is 8.32. The monoisotopic (exact) mass is 319 g/mol. The van der Waals surface area contributed by atoms with Crippen LogP contribution in [0.4, 0.5) is 5.69 Å². The van der Waals surface area contributed by atoms with E-state index < -0.39 is 0 Å². The minimum absolute atomic E-state index is 0.258. The van der Waals surface area contributed by atoms with Gasteiger partial charge in [0.2, 0.25) is 0 Å². The summed E-state index contributed by atoms with van der Waals surface area (Å²) in [4.78, 5) is 4.61. The molecule has 1 aliphatic carbocycles. The number of guanidine groups is 1. The Hall–Kier alpha value is -1.59. The van der Waals surface area contributed by atoms with Crippen LogP contribution in [0.25, 0.3) is 0 Å². The third kappa shape index (κ3) is 5.22. The Morgan fingerprint density at radius 1 is 1.22 bits per heavy atom. The number of nitrogens with one attached hydrogen (secondary N) is 1. The number of nitrogens with zero attached hydrogens (tertiary/aromatic N) is 1. The van der Waals surface area contributed by atoms with E-state index in [2.05, 4.69) is 10.3 Å². The molecule has 0 radical (unpaired) electrons. The molecule has 1 aromatic rings. The Morgan fingerprint density at radius 3 is 2.65 bits per heavy atom. The minimum Gasteiger partial charge on any atom is -0.385 e. The summed E-state index contributed by atoms with van der Waals surface area (Å²) >= 11 is 0. The van der Waals surface area contributed by atoms with Crippen molar-refractivity contribution < 1.29 is 9.47 Å². The van der Waals surface area contributed by atoms with Crippen LogP contribution in [0.3, 0.4) is 0 Å². The molecule has 0 unspecified atom stereocenters. The van der Waals surface area contributed by atoms with E-state index in [1.807, 2.05) is 24.3 Å². The molecule has 1 fully saturated rings. The summed E-state index contributed by atoms with van der Waals surface area (Å²) in [5.41, 5.74) is 8.39. The first kappa shape index (κ1) is 17.8. The van der Waals surface area contributed by atoms with Gasteiger partial charge in [-0.25, -0.2) is 0 Å². The van der Waals surface area contributed by atoms with Gasteiger partial charge in [-0.1, -0.05) is 31.0 Å². The molecule has 0 aliphatic heterocycles. The molecule has 1 aliphatic rings. The average Bonchev–Trinajstić information content (AvgIpc) is 3.03. The molecule has 128 valence electrons. The number of benzene rings is 1. The summed E-state index contributed by atoms with van der Waals surface area (Å²) in [6, 6.07) is 7.99. The zero-order valence-electron chi connectivity index (χ0n) is 14.3. The van der Waals surface area contributed by atoms with E-state index in [1.165, 1.54) is 25.7 Å². The van der Waals surface area contributed by atoms with Gasteiger partial charge in [-0.3, -0.25) is 4.99 Å². The van der Waals surface area contributed by atoms with Crippen molar-refractivity contribution in [1.82, 2.24) is 0 Å². The lowest BCUT2D eigenvalue weighted by Gasteiger charge is -2.26. The molecule has 0 bridgehead atoms. The maximum absolute atomic E-state index is 6.10. The highest BCUT2D eigenvalue weighted by molar-refractivity contribution is 5.93. The van der Waals surface area contributed by atoms with Crippen LogP contribution in [-0.4, -0.2) is 33.3 Å². The Kier molecular flexibility index (Phi) is 6.86. The highest BCUT2D eigenvalue weighted by Gasteiger charge is 2.33. The average molecular weight is 319 g/mol. The molecule has 0 spiro atoms. The fraction of sp³-hybridized carbons (Fsp3) is 0.611. The van der Waals surface area contributed by atoms with Crippen LogP contribution in [0.1, 0.15) is 37.7 Å². The SMILES string of the molecule is COCCC1(CN=C(N)Nc2ccccc2COC)CCCC1. The highest BCUT2D eigenvalue weighted by Crippen LogP contribution is 2.41. The number of aliphatic imine (C=N–C) groups is 1. The van der Waals surface area contributed by atoms with Gasteiger partial charge in [-0.05, 0) is 30.7 Å². The topological polar surface area (TPSA) is 68.9 Å². The fourth-order valence-corrected chi connectivity index (χ4v) is 3.28. The van der Waals surface area contributed by atoms with Crippen molar-refractivity contribution in [3.8, 4) is 0 Å². The Labute approximate surface area is 139 Å². The number of anilines is 1. The lowest BCUT2D eigenvalue weighted by atomic mass is 9.83. The summed E-state index contributed by atoms with van der Waals surface area (Å²) < 4.78 is 10.5. The second kappa shape index (κ2) is 8.89. The lowest BCUT2D eigenvalue weighted by Crippen LogP contribution is -2.28. The molecule has 2 rings (SSSR count). The minimum atomic E-state index is 0.258. The van der Waals surface area contributed by atoms with Crippen LogP contribution < -0.4 is 11.1 Å². The van der Waals surface area contributed by atoms with Gasteiger partial charge in [0.25, 0.3) is 0 Å². The predicted octanol–water partition coefficient (Wildman–Crippen LogP) is 3.16. The van der Waals surface area contributed by atoms with Crippen LogP contribution >= 0.6 is 0 Å². The zero-order chi connectivity index (χ0) is 16.5. The lowest BCUT2D eigenvalue weighted by molar-refractivity contribution is 0.141. The van der Waals surface area contributed by atoms with Crippen molar-refractivity contribution >= 4 is 11.6 Å². The number of methoxy groups -OCH3 is 2. The molecule has 5 heteroatoms. The fourth-order valence-electron chi connectivity index (χ4n) is 3.28. The summed E-state index contributed by atoms with van der Waals surface area (Å²) in [7, 11) is 3.45. The predicted molar refractivity (Wildman–Crippen MR) is 94.7 cm³/mol. The van der Waals surface area contributed by atoms with Crippen LogP contribution in [0.2, 0.25) is 0 Å². The van der Waals surface area contributed by atoms with E-state index in [0.717, 1.165) is 30.8 Å². The van der Waals surface area contributed by atoms with Gasteiger partial charge in [0.15, 0.2) is 5.96 Å². The van der Waals surface area contributed by atoms with Crippen molar-refractivity contribution in [1.29, 1.82) is 0 Å². The van der Waals surface area contributed by atoms with Crippen LogP contribution in [0.5, 0.6) is 0 Å². The van der Waals surface area contributed by atoms with Crippen LogP contribution in [0, 0.1) is 5.41 Å². The van der Waals surface area contributed by atoms with Gasteiger partial charge in [-0.15, -0.1) is 0 Å². The maximum atomic E-state index is 6.10. The van der Waals surface area contributed by atoms with Crippen molar-refractivity contribution in [3.05, 3.63) is 29.8 Å². The number of para-hydroxylation sites is 1. The largest absolute Gasteiger partial charge is 0.385 e. The molecular formula is C18H29N3O2. The number of ether oxygens (including phenoxy) is 2. The van der Waals surface area contributed by atoms with Gasteiger partial charge in [-0.2, -0.15) is 0 Å². The number of rotatable bonds is 8. The third-order valence-corrected chi connectivity index (χ3v) is 4.67. The molecule has 23 heavy (non-hydrogen) atoms. The van der Waals surface area contributed by atoms with Gasteiger partial charge in [0, 0.05) is 38.6 Å². The van der Waals surface area contributed by atoms with E-state index in [9.17, 15) is 0 Å². The molecule has 1 aromatic carbocycles. The second-order valence-corrected chi connectivity index (χ2v) is 6.37. The maximum Gasteiger partial charge on any atom is 0.193 e. The first-order valence-corrected chi connectivity index (χ1v) is 8.32. The third-order valence-electron chi connectivity index (χ3n) is 4.67. The van der Waals surface area contributed by atoms with E-state index in [4.69, 9.17) is 15.2 Å². The molecule has 1 saturated carbocycles. The molecular weight excluding hydrogens is 290 g/mol. The summed E-state index contributed by atoms with van der Waals surface area (Å²) in [5, 5.41) is 3.21. The summed E-state index contributed by atoms with van der Waals surface area (Å²) in [6.45, 7) is 2.11. The first-order chi connectivity index (χ1) is 11.2. The summed E-state index contributed by atoms with van der Waals surface area (Å²) in [5.74, 6) is 0.470. The highest BCUT2D eigenvalue weighted by atomic mass is 16.5. The van der Waals surface area contributed by atoms with E-state index in [0.29, 0.717) is 12.6 Å². The van der Waals surface area contributed by atoms with Gasteiger partial charge < -0.3 is 20.5 Å². The van der Waals surface area contributed by atoms with Crippen molar-refractivity contribution in [2.45, 2.75) is 38.7 Å². The van der Waals surface area contributed by atoms with Gasteiger partial charge in [0.1, 0.15) is 0 Å². The quantitative estimate of drug-likeness (QED) is 0.570. The van der Waals surface area contributed by atoms with Gasteiger partial charge >= 0.3 is 0 Å². The molecule has 0 heterocycles. The molecule has 0 aromatic heterocycles. The Bertz CT molecular complexity index is 511. The smallest absolute Gasteiger partial charge is 0.193 e. The molecule has 0 amide bonds. The van der Waals surface area contributed by atoms with E-state index in [1.54, 1.807) is 14.2 Å². The number of hydrogen-bond donors (Lipinski definition) is 2. The number of hydrogen-bond acceptors (Lipinski definition) is 3. The molecule has 5 nitrogen and oxygen atoms in total. The van der Waals surface area contributed by atoms with Gasteiger partial charge in [0.05, 0.1) is 6.61 Å². The Balaban J connectivity index is 1.99. The molecule has 0 atom stereocenters. The normalized spacial score (nSPS) is 17.4. The van der Waals surface area contributed by atoms with Crippen LogP contribution in [0.15, 0.2) is 29.3 Å². The Morgan fingerprint density at radius 2 is 1.96 bits per heavy atom. The zero-order valence-corrected chi connectivity index (χ0v) is 14.3. The van der Waals surface area contributed by atoms with Crippen LogP contribution in [-0.2, 0) is 16.1 Å². The number of nitrogens with two attached hydrogens (primary N) is 1. The molecule has 3 N–H and O–H groups in total. The standard InChI is InChI=1S/C18H29N3O2/c1-22-12-11-18(9-5-6-10-18)14-20-17(19)21-16-8-4-3-7-15(16)13-23-2/h3-4,7-8H,5-6,9-14H2,1-2H3,(H3,19,20,21). The van der Waals surface area contributed by atoms with Crippen molar-refractivity contribution in [2.24, 2.45) is 16.1 Å². The van der Waals surface area contributed by atoms with Crippen molar-refractivity contribution in [2.75, 3.05) is 32.7 Å². The molecule has 0 saturated heterocycles. The second-order valence-electron chi connectivity index (χ2n) is 6.37. The summed E-state index contributed by atoms with van der Waals surface area (Å²) in [6.07, 6.45) is 6.05. The van der Waals surface area contributed by atoms with E-state index in [-0.39, 0.29) is 5.41 Å². The van der Waals surface area contributed by atoms with E-state index >= 15 is 0 Å². The van der Waals surface area contributed by atoms with Crippen molar-refractivity contribution in [3.63, 3.8) is 0 Å².